The molecule has 162 valence electrons. The molecule has 0 aromatic heterocycles. The number of carbonyl (C=O) groups excluding carboxylic acids is 2. The largest absolute Gasteiger partial charge is 0.484 e. The van der Waals surface area contributed by atoms with E-state index in [9.17, 15) is 9.59 Å². The van der Waals surface area contributed by atoms with Crippen molar-refractivity contribution in [3.63, 3.8) is 0 Å². The highest BCUT2D eigenvalue weighted by atomic mass is 79.9. The molecular weight excluding hydrogens is 491 g/mol. The van der Waals surface area contributed by atoms with Gasteiger partial charge in [0.05, 0.1) is 10.0 Å². The predicted molar refractivity (Wildman–Crippen MR) is 124 cm³/mol. The lowest BCUT2D eigenvalue weighted by molar-refractivity contribution is -0.142. The molecule has 0 heterocycles. The van der Waals surface area contributed by atoms with Gasteiger partial charge >= 0.3 is 0 Å². The van der Waals surface area contributed by atoms with Crippen LogP contribution in [0.5, 0.6) is 5.75 Å². The van der Waals surface area contributed by atoms with E-state index < -0.39 is 6.04 Å². The Kier molecular flexibility index (Phi) is 9.01. The van der Waals surface area contributed by atoms with Crippen LogP contribution in [-0.4, -0.2) is 35.9 Å². The van der Waals surface area contributed by atoms with Crippen LogP contribution in [0.3, 0.4) is 0 Å². The van der Waals surface area contributed by atoms with Gasteiger partial charge in [-0.25, -0.2) is 0 Å². The molecule has 2 rings (SSSR count). The van der Waals surface area contributed by atoms with Crippen molar-refractivity contribution in [2.45, 2.75) is 40.3 Å². The fraction of sp³-hybridized carbons (Fsp3) is 0.364. The lowest BCUT2D eigenvalue weighted by Gasteiger charge is -2.28. The van der Waals surface area contributed by atoms with Crippen molar-refractivity contribution < 1.29 is 14.3 Å². The summed E-state index contributed by atoms with van der Waals surface area (Å²) in [6, 6.07) is 8.19. The van der Waals surface area contributed by atoms with E-state index in [1.807, 2.05) is 32.9 Å². The summed E-state index contributed by atoms with van der Waals surface area (Å²) in [5.41, 5.74) is 2.80. The van der Waals surface area contributed by atoms with Crippen molar-refractivity contribution in [2.75, 3.05) is 13.2 Å². The van der Waals surface area contributed by atoms with Gasteiger partial charge in [0.1, 0.15) is 11.8 Å². The average Bonchev–Trinajstić information content (AvgIpc) is 2.70. The summed E-state index contributed by atoms with van der Waals surface area (Å²) in [5, 5.41) is 3.58. The van der Waals surface area contributed by atoms with Crippen LogP contribution in [0.4, 0.5) is 0 Å². The van der Waals surface area contributed by atoms with Gasteiger partial charge in [-0.1, -0.05) is 45.2 Å². The molecule has 2 aromatic carbocycles. The lowest BCUT2D eigenvalue weighted by Crippen LogP contribution is -2.49. The number of carbonyl (C=O) groups is 2. The Morgan fingerprint density at radius 1 is 1.13 bits per heavy atom. The molecule has 2 aromatic rings. The first kappa shape index (κ1) is 24.5. The zero-order valence-electron chi connectivity index (χ0n) is 17.4. The van der Waals surface area contributed by atoms with Crippen LogP contribution in [0.2, 0.25) is 10.0 Å². The molecule has 2 amide bonds. The van der Waals surface area contributed by atoms with Gasteiger partial charge in [-0.15, -0.1) is 0 Å². The SMILES string of the molecule is CCNC(=O)[C@H](C)N(Cc1ccc(Cl)c(Cl)c1)C(=O)COc1cc(C)c(Br)c(C)c1. The van der Waals surface area contributed by atoms with Gasteiger partial charge in [0, 0.05) is 17.6 Å². The summed E-state index contributed by atoms with van der Waals surface area (Å²) in [6.45, 7) is 7.93. The lowest BCUT2D eigenvalue weighted by atomic mass is 10.1. The van der Waals surface area contributed by atoms with Gasteiger partial charge in [0.15, 0.2) is 6.61 Å². The van der Waals surface area contributed by atoms with Gasteiger partial charge in [-0.2, -0.15) is 0 Å². The predicted octanol–water partition coefficient (Wildman–Crippen LogP) is 5.30. The Labute approximate surface area is 195 Å². The number of hydrogen-bond donors (Lipinski definition) is 1. The first-order valence-electron chi connectivity index (χ1n) is 9.54. The molecule has 0 aliphatic carbocycles. The minimum atomic E-state index is -0.677. The highest BCUT2D eigenvalue weighted by molar-refractivity contribution is 9.10. The van der Waals surface area contributed by atoms with Crippen molar-refractivity contribution in [2.24, 2.45) is 0 Å². The maximum absolute atomic E-state index is 13.0. The number of halogens is 3. The van der Waals surface area contributed by atoms with Gasteiger partial charge < -0.3 is 15.0 Å². The molecule has 1 atom stereocenters. The van der Waals surface area contributed by atoms with Gasteiger partial charge in [0.2, 0.25) is 5.91 Å². The van der Waals surface area contributed by atoms with E-state index in [-0.39, 0.29) is 25.0 Å². The number of nitrogens with one attached hydrogen (secondary N) is 1. The Balaban J connectivity index is 2.20. The molecule has 0 unspecified atom stereocenters. The Hall–Kier alpha value is -1.76. The third-order valence-corrected chi connectivity index (χ3v) is 6.62. The number of benzene rings is 2. The van der Waals surface area contributed by atoms with E-state index in [2.05, 4.69) is 21.2 Å². The normalized spacial score (nSPS) is 11.7. The summed E-state index contributed by atoms with van der Waals surface area (Å²) in [6.07, 6.45) is 0. The van der Waals surface area contributed by atoms with Crippen molar-refractivity contribution in [1.29, 1.82) is 0 Å². The van der Waals surface area contributed by atoms with Gasteiger partial charge in [-0.05, 0) is 68.7 Å². The third-order valence-electron chi connectivity index (χ3n) is 4.63. The van der Waals surface area contributed by atoms with E-state index in [0.29, 0.717) is 22.3 Å². The third kappa shape index (κ3) is 6.37. The first-order chi connectivity index (χ1) is 14.1. The van der Waals surface area contributed by atoms with E-state index in [4.69, 9.17) is 27.9 Å². The summed E-state index contributed by atoms with van der Waals surface area (Å²) >= 11 is 15.6. The molecule has 30 heavy (non-hydrogen) atoms. The van der Waals surface area contributed by atoms with Crippen molar-refractivity contribution in [3.8, 4) is 5.75 Å². The smallest absolute Gasteiger partial charge is 0.261 e. The topological polar surface area (TPSA) is 58.6 Å². The number of ether oxygens (including phenoxy) is 1. The maximum atomic E-state index is 13.0. The van der Waals surface area contributed by atoms with Crippen LogP contribution >= 0.6 is 39.1 Å². The second-order valence-corrected chi connectivity index (χ2v) is 8.61. The molecule has 0 bridgehead atoms. The van der Waals surface area contributed by atoms with Crippen molar-refractivity contribution >= 4 is 50.9 Å². The van der Waals surface area contributed by atoms with Crippen LogP contribution < -0.4 is 10.1 Å². The first-order valence-corrected chi connectivity index (χ1v) is 11.1. The zero-order valence-corrected chi connectivity index (χ0v) is 20.5. The highest BCUT2D eigenvalue weighted by Gasteiger charge is 2.26. The van der Waals surface area contributed by atoms with Crippen LogP contribution in [0.15, 0.2) is 34.8 Å². The van der Waals surface area contributed by atoms with Crippen LogP contribution in [0.25, 0.3) is 0 Å². The van der Waals surface area contributed by atoms with Gasteiger partial charge in [0.25, 0.3) is 5.91 Å². The monoisotopic (exact) mass is 514 g/mol. The molecule has 0 aliphatic rings. The quantitative estimate of drug-likeness (QED) is 0.518. The van der Waals surface area contributed by atoms with Gasteiger partial charge in [-0.3, -0.25) is 9.59 Å². The van der Waals surface area contributed by atoms with Crippen LogP contribution in [0.1, 0.15) is 30.5 Å². The van der Waals surface area contributed by atoms with Crippen LogP contribution in [0, 0.1) is 13.8 Å². The molecule has 0 saturated heterocycles. The Bertz CT molecular complexity index is 914. The zero-order chi connectivity index (χ0) is 22.4. The number of rotatable bonds is 8. The molecule has 0 spiro atoms. The highest BCUT2D eigenvalue weighted by Crippen LogP contribution is 2.27. The fourth-order valence-electron chi connectivity index (χ4n) is 2.96. The molecule has 0 fully saturated rings. The summed E-state index contributed by atoms with van der Waals surface area (Å²) in [4.78, 5) is 26.9. The summed E-state index contributed by atoms with van der Waals surface area (Å²) < 4.78 is 6.75. The van der Waals surface area contributed by atoms with E-state index in [1.54, 1.807) is 25.1 Å². The van der Waals surface area contributed by atoms with Crippen LogP contribution in [-0.2, 0) is 16.1 Å². The molecule has 8 heteroatoms. The molecule has 5 nitrogen and oxygen atoms in total. The standard InChI is InChI=1S/C22H25BrCl2N2O3/c1-5-26-22(29)15(4)27(11-16-6-7-18(24)19(25)10-16)20(28)12-30-17-8-13(2)21(23)14(3)9-17/h6-10,15H,5,11-12H2,1-4H3,(H,26,29)/t15-/m0/s1. The van der Waals surface area contributed by atoms with E-state index in [0.717, 1.165) is 21.2 Å². The molecular formula is C22H25BrCl2N2O3. The second-order valence-electron chi connectivity index (χ2n) is 7.00. The average molecular weight is 516 g/mol. The fourth-order valence-corrected chi connectivity index (χ4v) is 3.51. The minimum absolute atomic E-state index is 0.189. The Morgan fingerprint density at radius 3 is 2.33 bits per heavy atom. The number of amides is 2. The molecule has 0 radical (unpaired) electrons. The van der Waals surface area contributed by atoms with E-state index in [1.165, 1.54) is 4.90 Å². The minimum Gasteiger partial charge on any atom is -0.484 e. The number of hydrogen-bond acceptors (Lipinski definition) is 3. The molecule has 0 saturated carbocycles. The molecule has 1 N–H and O–H groups in total. The maximum Gasteiger partial charge on any atom is 0.261 e. The summed E-state index contributed by atoms with van der Waals surface area (Å²) in [7, 11) is 0. The number of likely N-dealkylation sites (N-methyl/N-ethyl adjacent to an activating group) is 1. The number of aryl methyl sites for hydroxylation is 2. The molecule has 0 aliphatic heterocycles. The van der Waals surface area contributed by atoms with E-state index >= 15 is 0 Å². The van der Waals surface area contributed by atoms with Crippen molar-refractivity contribution in [3.05, 3.63) is 61.5 Å². The van der Waals surface area contributed by atoms with Crippen molar-refractivity contribution in [1.82, 2.24) is 10.2 Å². The summed E-state index contributed by atoms with van der Waals surface area (Å²) in [5.74, 6) is 0.0565. The Morgan fingerprint density at radius 2 is 1.77 bits per heavy atom. The second kappa shape index (κ2) is 11.0. The number of nitrogens with zero attached hydrogens (tertiary/aromatic N) is 1.